The highest BCUT2D eigenvalue weighted by molar-refractivity contribution is 7.67. The van der Waals surface area contributed by atoms with Crippen molar-refractivity contribution in [1.82, 2.24) is 0 Å². The van der Waals surface area contributed by atoms with Crippen molar-refractivity contribution >= 4 is 48.7 Å². The maximum absolute atomic E-state index is 11.9. The van der Waals surface area contributed by atoms with Gasteiger partial charge in [0.15, 0.2) is 0 Å². The Bertz CT molecular complexity index is 875. The molecule has 2 aromatic rings. The van der Waals surface area contributed by atoms with Gasteiger partial charge in [0.05, 0.1) is 10.6 Å². The van der Waals surface area contributed by atoms with Crippen LogP contribution in [0.1, 0.15) is 11.1 Å². The number of rotatable bonds is 4. The summed E-state index contributed by atoms with van der Waals surface area (Å²) in [5.74, 6) is 0. The van der Waals surface area contributed by atoms with E-state index in [-0.39, 0.29) is 10.9 Å². The monoisotopic (exact) mass is 340 g/mol. The second-order valence-corrected chi connectivity index (χ2v) is 7.64. The van der Waals surface area contributed by atoms with Crippen LogP contribution in [0.25, 0.3) is 22.9 Å². The van der Waals surface area contributed by atoms with Gasteiger partial charge in [0.1, 0.15) is 0 Å². The third-order valence-corrected chi connectivity index (χ3v) is 5.50. The van der Waals surface area contributed by atoms with E-state index in [1.807, 2.05) is 0 Å². The van der Waals surface area contributed by atoms with Crippen molar-refractivity contribution in [2.24, 2.45) is 0 Å². The molecular formula is C14H14O6P2. The summed E-state index contributed by atoms with van der Waals surface area (Å²) in [5, 5.41) is -0.862. The molecule has 4 N–H and O–H groups in total. The van der Waals surface area contributed by atoms with Crippen molar-refractivity contribution < 1.29 is 28.7 Å². The molecule has 0 aliphatic heterocycles. The van der Waals surface area contributed by atoms with Gasteiger partial charge in [-0.2, -0.15) is 0 Å². The summed E-state index contributed by atoms with van der Waals surface area (Å²) in [6.07, 6.45) is 2.54. The van der Waals surface area contributed by atoms with Crippen LogP contribution < -0.4 is 10.6 Å². The number of fused-ring (bicyclic) bond motifs is 1. The predicted molar refractivity (Wildman–Crippen MR) is 87.5 cm³/mol. The van der Waals surface area contributed by atoms with Gasteiger partial charge < -0.3 is 19.6 Å². The molecule has 0 aliphatic carbocycles. The van der Waals surface area contributed by atoms with E-state index in [1.165, 1.54) is 18.2 Å². The Morgan fingerprint density at radius 1 is 0.773 bits per heavy atom. The number of hydrogen-bond acceptors (Lipinski definition) is 2. The topological polar surface area (TPSA) is 115 Å². The minimum absolute atomic E-state index is 0.0274. The second kappa shape index (κ2) is 5.60. The van der Waals surface area contributed by atoms with Crippen LogP contribution in [0.3, 0.4) is 0 Å². The summed E-state index contributed by atoms with van der Waals surface area (Å²) in [6, 6.07) is 6.19. The first-order chi connectivity index (χ1) is 10.1. The lowest BCUT2D eigenvalue weighted by Crippen LogP contribution is -2.29. The molecule has 8 heteroatoms. The molecule has 0 fully saturated rings. The average Bonchev–Trinajstić information content (AvgIpc) is 2.42. The maximum Gasteiger partial charge on any atom is 0.357 e. The Morgan fingerprint density at radius 2 is 1.23 bits per heavy atom. The van der Waals surface area contributed by atoms with Crippen LogP contribution in [0.15, 0.2) is 37.4 Å². The minimum atomic E-state index is -4.96. The molecule has 22 heavy (non-hydrogen) atoms. The lowest BCUT2D eigenvalue weighted by atomic mass is 9.98. The van der Waals surface area contributed by atoms with Crippen molar-refractivity contribution in [2.75, 3.05) is 0 Å². The Kier molecular flexibility index (Phi) is 4.28. The van der Waals surface area contributed by atoms with Gasteiger partial charge in [-0.15, -0.1) is 0 Å². The molecule has 0 amide bonds. The largest absolute Gasteiger partial charge is 0.357 e. The van der Waals surface area contributed by atoms with Crippen molar-refractivity contribution in [3.63, 3.8) is 0 Å². The Hall–Kier alpha value is -1.52. The van der Waals surface area contributed by atoms with Gasteiger partial charge in [0, 0.05) is 0 Å². The van der Waals surface area contributed by atoms with Gasteiger partial charge in [0.2, 0.25) is 0 Å². The summed E-state index contributed by atoms with van der Waals surface area (Å²) in [5.41, 5.74) is 0.335. The number of hydrogen-bond donors (Lipinski definition) is 4. The second-order valence-electron chi connectivity index (χ2n) is 4.57. The van der Waals surface area contributed by atoms with E-state index < -0.39 is 25.8 Å². The van der Waals surface area contributed by atoms with Gasteiger partial charge in [-0.1, -0.05) is 49.6 Å². The van der Waals surface area contributed by atoms with Gasteiger partial charge in [-0.05, 0) is 21.9 Å². The SMILES string of the molecule is C=Cc1c(P(=O)(O)O)c(P(=O)(O)O)c2ccccc2c1C=C. The predicted octanol–water partition coefficient (Wildman–Crippen LogP) is 1.73. The highest BCUT2D eigenvalue weighted by Gasteiger charge is 2.36. The van der Waals surface area contributed by atoms with E-state index in [1.54, 1.807) is 12.1 Å². The molecule has 0 aliphatic rings. The highest BCUT2D eigenvalue weighted by atomic mass is 31.2. The molecule has 0 spiro atoms. The van der Waals surface area contributed by atoms with Crippen molar-refractivity contribution in [3.8, 4) is 0 Å². The number of benzene rings is 2. The smallest absolute Gasteiger partial charge is 0.321 e. The summed E-state index contributed by atoms with van der Waals surface area (Å²) in [7, 11) is -9.90. The van der Waals surface area contributed by atoms with Crippen LogP contribution in [0.4, 0.5) is 0 Å². The first kappa shape index (κ1) is 16.8. The molecule has 0 bridgehead atoms. The van der Waals surface area contributed by atoms with Crippen LogP contribution in [0.5, 0.6) is 0 Å². The lowest BCUT2D eigenvalue weighted by Gasteiger charge is -2.20. The summed E-state index contributed by atoms with van der Waals surface area (Å²) >= 11 is 0. The fourth-order valence-electron chi connectivity index (χ4n) is 2.47. The molecule has 0 saturated carbocycles. The maximum atomic E-state index is 11.9. The van der Waals surface area contributed by atoms with E-state index in [2.05, 4.69) is 13.2 Å². The molecule has 0 atom stereocenters. The lowest BCUT2D eigenvalue weighted by molar-refractivity contribution is 0.381. The standard InChI is InChI=1S/C14H14O6P2/c1-3-9-10(4-2)13(21(15,16)17)14(22(18,19)20)12-8-6-5-7-11(9)12/h3-8H,1-2H2,(H2,15,16,17)(H2,18,19,20). The summed E-state index contributed by atoms with van der Waals surface area (Å²) < 4.78 is 23.7. The van der Waals surface area contributed by atoms with Crippen molar-refractivity contribution in [3.05, 3.63) is 48.6 Å². The van der Waals surface area contributed by atoms with Gasteiger partial charge in [0.25, 0.3) is 0 Å². The van der Waals surface area contributed by atoms with Crippen LogP contribution in [-0.2, 0) is 9.13 Å². The highest BCUT2D eigenvalue weighted by Crippen LogP contribution is 2.45. The molecule has 116 valence electrons. The van der Waals surface area contributed by atoms with Gasteiger partial charge >= 0.3 is 15.2 Å². The third-order valence-electron chi connectivity index (χ3n) is 3.23. The molecule has 0 unspecified atom stereocenters. The molecule has 6 nitrogen and oxygen atoms in total. The molecule has 0 saturated heterocycles. The van der Waals surface area contributed by atoms with Gasteiger partial charge in [-0.25, -0.2) is 0 Å². The molecular weight excluding hydrogens is 326 g/mol. The van der Waals surface area contributed by atoms with Crippen LogP contribution in [0.2, 0.25) is 0 Å². The zero-order chi connectivity index (χ0) is 16.7. The molecule has 0 heterocycles. The molecule has 2 rings (SSSR count). The fourth-order valence-corrected chi connectivity index (χ4v) is 5.08. The first-order valence-electron chi connectivity index (χ1n) is 6.08. The Morgan fingerprint density at radius 3 is 1.64 bits per heavy atom. The van der Waals surface area contributed by atoms with E-state index >= 15 is 0 Å². The Balaban J connectivity index is 3.28. The molecule has 2 aromatic carbocycles. The van der Waals surface area contributed by atoms with E-state index in [0.717, 1.165) is 6.08 Å². The van der Waals surface area contributed by atoms with E-state index in [0.29, 0.717) is 10.9 Å². The normalized spacial score (nSPS) is 12.4. The Labute approximate surface area is 126 Å². The quantitative estimate of drug-likeness (QED) is 0.630. The van der Waals surface area contributed by atoms with Gasteiger partial charge in [-0.3, -0.25) is 9.13 Å². The zero-order valence-electron chi connectivity index (χ0n) is 11.4. The molecule has 0 aromatic heterocycles. The van der Waals surface area contributed by atoms with Crippen molar-refractivity contribution in [2.45, 2.75) is 0 Å². The third kappa shape index (κ3) is 2.73. The van der Waals surface area contributed by atoms with Crippen LogP contribution >= 0.6 is 15.2 Å². The first-order valence-corrected chi connectivity index (χ1v) is 9.31. The minimum Gasteiger partial charge on any atom is -0.321 e. The fraction of sp³-hybridized carbons (Fsp3) is 0. The van der Waals surface area contributed by atoms with E-state index in [9.17, 15) is 28.7 Å². The van der Waals surface area contributed by atoms with E-state index in [4.69, 9.17) is 0 Å². The molecule has 0 radical (unpaired) electrons. The van der Waals surface area contributed by atoms with Crippen molar-refractivity contribution in [1.29, 1.82) is 0 Å². The average molecular weight is 340 g/mol. The van der Waals surface area contributed by atoms with Crippen LogP contribution in [0, 0.1) is 0 Å². The zero-order valence-corrected chi connectivity index (χ0v) is 13.2. The van der Waals surface area contributed by atoms with Crippen LogP contribution in [-0.4, -0.2) is 19.6 Å². The summed E-state index contributed by atoms with van der Waals surface area (Å²) in [4.78, 5) is 38.5. The summed E-state index contributed by atoms with van der Waals surface area (Å²) in [6.45, 7) is 7.11.